The fourth-order valence-electron chi connectivity index (χ4n) is 1.38. The lowest BCUT2D eigenvalue weighted by molar-refractivity contribution is 0.0945. The zero-order valence-electron chi connectivity index (χ0n) is 9.81. The summed E-state index contributed by atoms with van der Waals surface area (Å²) in [6.07, 6.45) is 0.646. The molecule has 94 valence electrons. The normalized spacial score (nSPS) is 12.1. The van der Waals surface area contributed by atoms with Crippen LogP contribution in [-0.4, -0.2) is 29.3 Å². The van der Waals surface area contributed by atoms with Crippen molar-refractivity contribution in [1.82, 2.24) is 5.32 Å². The number of phenolic OH excluding ortho intramolecular Hbond substituents is 1. The van der Waals surface area contributed by atoms with E-state index in [1.54, 1.807) is 6.07 Å². The zero-order valence-corrected chi connectivity index (χ0v) is 9.81. The molecule has 0 heterocycles. The molecule has 1 atom stereocenters. The smallest absolute Gasteiger partial charge is 0.251 e. The summed E-state index contributed by atoms with van der Waals surface area (Å²) in [5, 5.41) is 20.8. The molecule has 0 aliphatic heterocycles. The van der Waals surface area contributed by atoms with Gasteiger partial charge in [-0.2, -0.15) is 0 Å². The Hall–Kier alpha value is -1.75. The first kappa shape index (κ1) is 13.3. The average molecular weight is 238 g/mol. The van der Waals surface area contributed by atoms with E-state index in [2.05, 4.69) is 5.32 Å². The summed E-state index contributed by atoms with van der Waals surface area (Å²) < 4.78 is 0. The lowest BCUT2D eigenvalue weighted by atomic mass is 10.1. The van der Waals surface area contributed by atoms with Crippen LogP contribution in [0.5, 0.6) is 5.75 Å². The van der Waals surface area contributed by atoms with Crippen molar-refractivity contribution in [2.45, 2.75) is 13.3 Å². The minimum absolute atomic E-state index is 0.0962. The van der Waals surface area contributed by atoms with E-state index in [1.165, 1.54) is 12.1 Å². The molecule has 0 fully saturated rings. The Bertz CT molecular complexity index is 393. The number of nitrogens with one attached hydrogen (secondary N) is 1. The number of anilines is 1. The van der Waals surface area contributed by atoms with Crippen LogP contribution in [0, 0.1) is 5.92 Å². The molecule has 0 aliphatic carbocycles. The number of carbonyl (C=O) groups is 1. The molecule has 1 unspecified atom stereocenters. The lowest BCUT2D eigenvalue weighted by Gasteiger charge is -2.11. The zero-order chi connectivity index (χ0) is 12.8. The Kier molecular flexibility index (Phi) is 4.78. The van der Waals surface area contributed by atoms with Gasteiger partial charge in [0.2, 0.25) is 0 Å². The molecule has 1 amide bonds. The molecule has 0 aromatic heterocycles. The van der Waals surface area contributed by atoms with Crippen LogP contribution >= 0.6 is 0 Å². The maximum absolute atomic E-state index is 11.7. The van der Waals surface area contributed by atoms with Gasteiger partial charge in [-0.25, -0.2) is 0 Å². The molecule has 5 nitrogen and oxygen atoms in total. The van der Waals surface area contributed by atoms with Crippen LogP contribution in [0.25, 0.3) is 0 Å². The van der Waals surface area contributed by atoms with Crippen molar-refractivity contribution >= 4 is 11.6 Å². The van der Waals surface area contributed by atoms with Gasteiger partial charge >= 0.3 is 0 Å². The molecule has 0 bridgehead atoms. The van der Waals surface area contributed by atoms with E-state index in [9.17, 15) is 9.90 Å². The van der Waals surface area contributed by atoms with Crippen molar-refractivity contribution < 1.29 is 15.0 Å². The third kappa shape index (κ3) is 3.96. The Balaban J connectivity index is 2.55. The van der Waals surface area contributed by atoms with Gasteiger partial charge in [0, 0.05) is 18.7 Å². The highest BCUT2D eigenvalue weighted by molar-refractivity contribution is 5.95. The van der Waals surface area contributed by atoms with Crippen LogP contribution in [-0.2, 0) is 0 Å². The van der Waals surface area contributed by atoms with Crippen LogP contribution in [0.4, 0.5) is 5.69 Å². The third-order valence-electron chi connectivity index (χ3n) is 2.53. The Morgan fingerprint density at radius 1 is 1.53 bits per heavy atom. The maximum atomic E-state index is 11.7. The van der Waals surface area contributed by atoms with Gasteiger partial charge < -0.3 is 21.3 Å². The minimum atomic E-state index is -0.259. The summed E-state index contributed by atoms with van der Waals surface area (Å²) in [4.78, 5) is 11.7. The van der Waals surface area contributed by atoms with Crippen molar-refractivity contribution in [2.24, 2.45) is 5.92 Å². The van der Waals surface area contributed by atoms with E-state index >= 15 is 0 Å². The number of aliphatic hydroxyl groups excluding tert-OH is 1. The monoisotopic (exact) mass is 238 g/mol. The molecule has 1 rings (SSSR count). The third-order valence-corrected chi connectivity index (χ3v) is 2.53. The highest BCUT2D eigenvalue weighted by atomic mass is 16.3. The lowest BCUT2D eigenvalue weighted by Crippen LogP contribution is -2.28. The molecule has 0 aliphatic rings. The van der Waals surface area contributed by atoms with Crippen LogP contribution in [0.1, 0.15) is 23.7 Å². The number of aliphatic hydroxyl groups is 1. The number of aromatic hydroxyl groups is 1. The van der Waals surface area contributed by atoms with E-state index in [-0.39, 0.29) is 29.9 Å². The molecule has 0 saturated carbocycles. The molecule has 0 saturated heterocycles. The van der Waals surface area contributed by atoms with Crippen LogP contribution in [0.3, 0.4) is 0 Å². The second-order valence-electron chi connectivity index (χ2n) is 4.10. The van der Waals surface area contributed by atoms with Crippen molar-refractivity contribution in [2.75, 3.05) is 18.9 Å². The Morgan fingerprint density at radius 3 is 2.82 bits per heavy atom. The van der Waals surface area contributed by atoms with Gasteiger partial charge in [-0.15, -0.1) is 0 Å². The quantitative estimate of drug-likeness (QED) is 0.449. The summed E-state index contributed by atoms with van der Waals surface area (Å²) in [7, 11) is 0. The number of nitrogen functional groups attached to an aromatic ring is 1. The van der Waals surface area contributed by atoms with Crippen LogP contribution < -0.4 is 11.1 Å². The molecule has 1 aromatic rings. The number of carbonyl (C=O) groups excluding carboxylic acids is 1. The Morgan fingerprint density at radius 2 is 2.24 bits per heavy atom. The number of benzene rings is 1. The molecule has 17 heavy (non-hydrogen) atoms. The summed E-state index contributed by atoms with van der Waals surface area (Å²) in [5.74, 6) is -0.141. The van der Waals surface area contributed by atoms with Gasteiger partial charge in [-0.05, 0) is 30.5 Å². The molecule has 5 N–H and O–H groups in total. The average Bonchev–Trinajstić information content (AvgIpc) is 2.30. The van der Waals surface area contributed by atoms with E-state index in [4.69, 9.17) is 10.8 Å². The van der Waals surface area contributed by atoms with Crippen molar-refractivity contribution in [3.8, 4) is 5.75 Å². The standard InChI is InChI=1S/C12H18N2O3/c1-8(4-5-15)7-14-12(17)9-2-3-10(13)11(16)6-9/h2-3,6,8,15-16H,4-5,7,13H2,1H3,(H,14,17). The SMILES string of the molecule is CC(CCO)CNC(=O)c1ccc(N)c(O)c1. The summed E-state index contributed by atoms with van der Waals surface area (Å²) >= 11 is 0. The Labute approximate surface area is 100 Å². The van der Waals surface area contributed by atoms with E-state index in [0.717, 1.165) is 0 Å². The van der Waals surface area contributed by atoms with E-state index < -0.39 is 0 Å². The fraction of sp³-hybridized carbons (Fsp3) is 0.417. The van der Waals surface area contributed by atoms with E-state index in [0.29, 0.717) is 18.5 Å². The van der Waals surface area contributed by atoms with Crippen molar-refractivity contribution in [1.29, 1.82) is 0 Å². The molecule has 5 heteroatoms. The first-order valence-corrected chi connectivity index (χ1v) is 5.52. The summed E-state index contributed by atoms with van der Waals surface area (Å²) in [6.45, 7) is 2.54. The predicted molar refractivity (Wildman–Crippen MR) is 65.7 cm³/mol. The highest BCUT2D eigenvalue weighted by Crippen LogP contribution is 2.20. The number of phenols is 1. The van der Waals surface area contributed by atoms with Gasteiger partial charge in [0.05, 0.1) is 5.69 Å². The summed E-state index contributed by atoms with van der Waals surface area (Å²) in [6, 6.07) is 4.38. The number of hydrogen-bond acceptors (Lipinski definition) is 4. The molecule has 0 radical (unpaired) electrons. The number of amides is 1. The number of rotatable bonds is 5. The maximum Gasteiger partial charge on any atom is 0.251 e. The second-order valence-corrected chi connectivity index (χ2v) is 4.10. The van der Waals surface area contributed by atoms with Crippen molar-refractivity contribution in [3.05, 3.63) is 23.8 Å². The van der Waals surface area contributed by atoms with Gasteiger partial charge in [-0.1, -0.05) is 6.92 Å². The number of nitrogens with two attached hydrogens (primary N) is 1. The van der Waals surface area contributed by atoms with Crippen LogP contribution in [0.15, 0.2) is 18.2 Å². The van der Waals surface area contributed by atoms with E-state index in [1.807, 2.05) is 6.92 Å². The number of hydrogen-bond donors (Lipinski definition) is 4. The highest BCUT2D eigenvalue weighted by Gasteiger charge is 2.09. The first-order valence-electron chi connectivity index (χ1n) is 5.52. The van der Waals surface area contributed by atoms with Crippen molar-refractivity contribution in [3.63, 3.8) is 0 Å². The predicted octanol–water partition coefficient (Wildman–Crippen LogP) is 0.723. The topological polar surface area (TPSA) is 95.6 Å². The fourth-order valence-corrected chi connectivity index (χ4v) is 1.38. The van der Waals surface area contributed by atoms with Gasteiger partial charge in [0.1, 0.15) is 5.75 Å². The first-order chi connectivity index (χ1) is 8.04. The largest absolute Gasteiger partial charge is 0.506 e. The van der Waals surface area contributed by atoms with Gasteiger partial charge in [0.15, 0.2) is 0 Å². The molecule has 1 aromatic carbocycles. The minimum Gasteiger partial charge on any atom is -0.506 e. The molecule has 0 spiro atoms. The molecular weight excluding hydrogens is 220 g/mol. The second kappa shape index (κ2) is 6.10. The summed E-state index contributed by atoms with van der Waals surface area (Å²) in [5.41, 5.74) is 6.06. The van der Waals surface area contributed by atoms with Gasteiger partial charge in [-0.3, -0.25) is 4.79 Å². The molecular formula is C12H18N2O3. The van der Waals surface area contributed by atoms with Crippen LogP contribution in [0.2, 0.25) is 0 Å². The van der Waals surface area contributed by atoms with Gasteiger partial charge in [0.25, 0.3) is 5.91 Å².